The Hall–Kier alpha value is -1.74. The zero-order valence-electron chi connectivity index (χ0n) is 10.9. The molecule has 0 aromatic rings. The van der Waals surface area contributed by atoms with E-state index >= 15 is 0 Å². The number of nitrogens with zero attached hydrogens (tertiary/aromatic N) is 1. The van der Waals surface area contributed by atoms with Gasteiger partial charge < -0.3 is 20.3 Å². The van der Waals surface area contributed by atoms with E-state index in [2.05, 4.69) is 5.32 Å². The zero-order valence-corrected chi connectivity index (χ0v) is 11.8. The largest absolute Gasteiger partial charge is 0.512 e. The van der Waals surface area contributed by atoms with Gasteiger partial charge in [-0.15, -0.1) is 0 Å². The molecule has 0 aliphatic carbocycles. The highest BCUT2D eigenvalue weighted by Crippen LogP contribution is 2.50. The number of fused-ring (bicyclic) bond motifs is 1. The predicted molar refractivity (Wildman–Crippen MR) is 70.7 cm³/mol. The molecule has 21 heavy (non-hydrogen) atoms. The van der Waals surface area contributed by atoms with Crippen LogP contribution in [0.1, 0.15) is 19.3 Å². The van der Waals surface area contributed by atoms with Gasteiger partial charge in [-0.3, -0.25) is 14.5 Å². The van der Waals surface area contributed by atoms with Gasteiger partial charge in [0.2, 0.25) is 17.7 Å². The molecule has 3 aliphatic heterocycles. The van der Waals surface area contributed by atoms with E-state index in [0.29, 0.717) is 24.2 Å². The Morgan fingerprint density at radius 1 is 1.48 bits per heavy atom. The molecule has 3 N–H and O–H groups in total. The van der Waals surface area contributed by atoms with E-state index in [-0.39, 0.29) is 35.7 Å². The van der Waals surface area contributed by atoms with Crippen molar-refractivity contribution >= 4 is 29.7 Å². The summed E-state index contributed by atoms with van der Waals surface area (Å²) in [6.07, 6.45) is 0.0608. The van der Waals surface area contributed by atoms with Gasteiger partial charge in [0.15, 0.2) is 0 Å². The monoisotopic (exact) mass is 314 g/mol. The van der Waals surface area contributed by atoms with Crippen molar-refractivity contribution in [1.82, 2.24) is 10.2 Å². The predicted octanol–water partition coefficient (Wildman–Crippen LogP) is 0.0424. The molecule has 9 heteroatoms. The lowest BCUT2D eigenvalue weighted by molar-refractivity contribution is -0.151. The second-order valence-electron chi connectivity index (χ2n) is 5.11. The number of carboxylic acid groups (broad SMARTS) is 1. The van der Waals surface area contributed by atoms with Gasteiger partial charge >= 0.3 is 6.16 Å². The van der Waals surface area contributed by atoms with E-state index in [1.54, 1.807) is 0 Å². The second kappa shape index (κ2) is 5.23. The molecule has 3 heterocycles. The van der Waals surface area contributed by atoms with Gasteiger partial charge in [-0.2, -0.15) is 0 Å². The minimum Gasteiger partial charge on any atom is -0.449 e. The molecule has 0 bridgehead atoms. The Balaban J connectivity index is 1.78. The lowest BCUT2D eigenvalue weighted by Gasteiger charge is -2.40. The molecule has 114 valence electrons. The summed E-state index contributed by atoms with van der Waals surface area (Å²) in [5.41, 5.74) is 0. The van der Waals surface area contributed by atoms with Gasteiger partial charge in [-0.05, 0) is 6.42 Å². The summed E-state index contributed by atoms with van der Waals surface area (Å²) >= 11 is 1.32. The highest BCUT2D eigenvalue weighted by molar-refractivity contribution is 8.04. The van der Waals surface area contributed by atoms with E-state index < -0.39 is 12.1 Å². The van der Waals surface area contributed by atoms with E-state index in [4.69, 9.17) is 9.84 Å². The molecular formula is C12H14N2O6S. The van der Waals surface area contributed by atoms with E-state index in [0.717, 1.165) is 0 Å². The summed E-state index contributed by atoms with van der Waals surface area (Å²) in [5.74, 6) is -0.875. The van der Waals surface area contributed by atoms with Crippen LogP contribution in [0, 0.1) is 5.92 Å². The quantitative estimate of drug-likeness (QED) is 0.495. The first-order chi connectivity index (χ1) is 10.0. The van der Waals surface area contributed by atoms with Crippen molar-refractivity contribution in [3.63, 3.8) is 0 Å². The van der Waals surface area contributed by atoms with Crippen molar-refractivity contribution in [1.29, 1.82) is 0 Å². The van der Waals surface area contributed by atoms with Gasteiger partial charge in [-0.25, -0.2) is 4.79 Å². The molecule has 0 saturated carbocycles. The zero-order chi connectivity index (χ0) is 15.1. The molecule has 0 aromatic carbocycles. The Bertz CT molecular complexity index is 548. The maximum atomic E-state index is 11.9. The number of aliphatic hydroxyl groups excluding tert-OH is 1. The molecule has 3 aliphatic rings. The molecule has 0 radical (unpaired) electrons. The van der Waals surface area contributed by atoms with E-state index in [9.17, 15) is 19.5 Å². The molecule has 3 rings (SSSR count). The average molecular weight is 314 g/mol. The molecule has 3 atom stereocenters. The normalized spacial score (nSPS) is 31.1. The number of nitrogens with one attached hydrogen (secondary N) is 1. The highest BCUT2D eigenvalue weighted by Gasteiger charge is 2.55. The number of β-lactam (4-membered cyclic amide) rings is 1. The van der Waals surface area contributed by atoms with Crippen LogP contribution in [0.15, 0.2) is 10.8 Å². The summed E-state index contributed by atoms with van der Waals surface area (Å²) in [6.45, 7) is -0.277. The first-order valence-electron chi connectivity index (χ1n) is 6.55. The molecular weight excluding hydrogens is 300 g/mol. The minimum absolute atomic E-state index is 0.0216. The number of hydrogen-bond donors (Lipinski definition) is 3. The summed E-state index contributed by atoms with van der Waals surface area (Å²) in [5, 5.41) is 20.5. The standard InChI is InChI=1S/C12H14N2O6S/c15-4-6-9(17)14-10(20-12(18)19)7(21-11(6)14)3-5-1-2-8(16)13-5/h5-6,11,15H,1-4H2,(H,13,16)(H,18,19)/t5-,6+,11-/m1/s1. The first kappa shape index (κ1) is 14.2. The average Bonchev–Trinajstić information content (AvgIpc) is 2.93. The minimum atomic E-state index is -1.49. The number of rotatable bonds is 4. The summed E-state index contributed by atoms with van der Waals surface area (Å²) < 4.78 is 4.74. The molecule has 0 aromatic heterocycles. The first-order valence-corrected chi connectivity index (χ1v) is 7.43. The fourth-order valence-corrected chi connectivity index (χ4v) is 4.25. The molecule has 2 amide bonds. The van der Waals surface area contributed by atoms with Crippen molar-refractivity contribution < 1.29 is 29.3 Å². The maximum Gasteiger partial charge on any atom is 0.512 e. The van der Waals surface area contributed by atoms with Gasteiger partial charge in [0, 0.05) is 18.9 Å². The SMILES string of the molecule is O=C1CC[C@H](CC2=C(OC(=O)O)N3C(=O)[C@H](CO)[C@H]3S2)N1. The Labute approximate surface area is 124 Å². The molecule has 2 saturated heterocycles. The van der Waals surface area contributed by atoms with E-state index in [1.165, 1.54) is 16.7 Å². The third-order valence-electron chi connectivity index (χ3n) is 3.77. The van der Waals surface area contributed by atoms with Crippen LogP contribution in [0.5, 0.6) is 0 Å². The van der Waals surface area contributed by atoms with Crippen LogP contribution in [0.3, 0.4) is 0 Å². The van der Waals surface area contributed by atoms with Crippen molar-refractivity contribution in [2.24, 2.45) is 5.92 Å². The van der Waals surface area contributed by atoms with Crippen LogP contribution in [0.4, 0.5) is 4.79 Å². The maximum absolute atomic E-state index is 11.9. The van der Waals surface area contributed by atoms with Gasteiger partial charge in [0.25, 0.3) is 0 Å². The summed E-state index contributed by atoms with van der Waals surface area (Å²) in [7, 11) is 0. The Morgan fingerprint density at radius 3 is 2.81 bits per heavy atom. The molecule has 0 unspecified atom stereocenters. The molecule has 0 spiro atoms. The fourth-order valence-electron chi connectivity index (χ4n) is 2.75. The molecule has 2 fully saturated rings. The van der Waals surface area contributed by atoms with Crippen LogP contribution in [-0.2, 0) is 14.3 Å². The number of aliphatic hydroxyl groups is 1. The Kier molecular flexibility index (Phi) is 3.54. The second-order valence-corrected chi connectivity index (χ2v) is 6.32. The summed E-state index contributed by atoms with van der Waals surface area (Å²) in [6, 6.07) is -0.0752. The number of amides is 2. The number of ether oxygens (including phenoxy) is 1. The van der Waals surface area contributed by atoms with Crippen molar-refractivity contribution in [2.75, 3.05) is 6.61 Å². The van der Waals surface area contributed by atoms with Crippen LogP contribution in [-0.4, -0.2) is 51.1 Å². The Morgan fingerprint density at radius 2 is 2.24 bits per heavy atom. The van der Waals surface area contributed by atoms with Gasteiger partial charge in [0.05, 0.1) is 17.4 Å². The lowest BCUT2D eigenvalue weighted by atomic mass is 10.00. The van der Waals surface area contributed by atoms with Crippen molar-refractivity contribution in [2.45, 2.75) is 30.7 Å². The van der Waals surface area contributed by atoms with E-state index in [1.807, 2.05) is 0 Å². The van der Waals surface area contributed by atoms with Crippen LogP contribution >= 0.6 is 11.8 Å². The smallest absolute Gasteiger partial charge is 0.449 e. The number of thioether (sulfide) groups is 1. The van der Waals surface area contributed by atoms with Gasteiger partial charge in [0.1, 0.15) is 5.37 Å². The number of carbonyl (C=O) groups is 3. The van der Waals surface area contributed by atoms with Crippen molar-refractivity contribution in [3.8, 4) is 0 Å². The lowest BCUT2D eigenvalue weighted by Crippen LogP contribution is -2.58. The third-order valence-corrected chi connectivity index (χ3v) is 5.18. The third kappa shape index (κ3) is 2.36. The van der Waals surface area contributed by atoms with Crippen LogP contribution in [0.2, 0.25) is 0 Å². The summed E-state index contributed by atoms with van der Waals surface area (Å²) in [4.78, 5) is 35.8. The van der Waals surface area contributed by atoms with Gasteiger partial charge in [-0.1, -0.05) is 11.8 Å². The number of hydrogen-bond acceptors (Lipinski definition) is 6. The molecule has 8 nitrogen and oxygen atoms in total. The number of carbonyl (C=O) groups excluding carboxylic acids is 2. The topological polar surface area (TPSA) is 116 Å². The fraction of sp³-hybridized carbons (Fsp3) is 0.583. The van der Waals surface area contributed by atoms with Crippen molar-refractivity contribution in [3.05, 3.63) is 10.8 Å². The highest BCUT2D eigenvalue weighted by atomic mass is 32.2. The van der Waals surface area contributed by atoms with Crippen LogP contribution < -0.4 is 5.32 Å². The van der Waals surface area contributed by atoms with Crippen LogP contribution in [0.25, 0.3) is 0 Å².